The minimum atomic E-state index is -4.47. The Morgan fingerprint density at radius 3 is 2.43 bits per heavy atom. The van der Waals surface area contributed by atoms with Crippen LogP contribution in [0.5, 0.6) is 0 Å². The Labute approximate surface area is 120 Å². The number of alkyl halides is 3. The molecule has 0 radical (unpaired) electrons. The minimum absolute atomic E-state index is 0.0877. The molecule has 0 fully saturated rings. The van der Waals surface area contributed by atoms with Gasteiger partial charge in [0, 0.05) is 5.69 Å². The third-order valence-corrected chi connectivity index (χ3v) is 3.76. The highest BCUT2D eigenvalue weighted by Crippen LogP contribution is 2.38. The number of benzene rings is 2. The van der Waals surface area contributed by atoms with Crippen LogP contribution in [0.15, 0.2) is 48.5 Å². The number of nitrogens with one attached hydrogen (secondary N) is 1. The summed E-state index contributed by atoms with van der Waals surface area (Å²) in [6, 6.07) is 12.2. The quantitative estimate of drug-likeness (QED) is 0.883. The molecule has 0 saturated carbocycles. The van der Waals surface area contributed by atoms with Crippen molar-refractivity contribution < 1.29 is 18.3 Å². The predicted octanol–water partition coefficient (Wildman–Crippen LogP) is 3.78. The summed E-state index contributed by atoms with van der Waals surface area (Å²) < 4.78 is 39.1. The molecular weight excluding hydrogens is 279 g/mol. The summed E-state index contributed by atoms with van der Waals surface area (Å²) in [5.74, 6) is 0. The molecule has 110 valence electrons. The second kappa shape index (κ2) is 5.07. The molecule has 3 rings (SSSR count). The van der Waals surface area contributed by atoms with Crippen LogP contribution in [0.2, 0.25) is 0 Å². The Morgan fingerprint density at radius 2 is 1.71 bits per heavy atom. The van der Waals surface area contributed by atoms with Crippen LogP contribution in [-0.2, 0) is 12.6 Å². The summed E-state index contributed by atoms with van der Waals surface area (Å²) in [4.78, 5) is 0. The monoisotopic (exact) mass is 293 g/mol. The number of para-hydroxylation sites is 1. The zero-order valence-electron chi connectivity index (χ0n) is 11.1. The number of hydrogen-bond donors (Lipinski definition) is 2. The van der Waals surface area contributed by atoms with Crippen molar-refractivity contribution in [3.63, 3.8) is 0 Å². The maximum Gasteiger partial charge on any atom is 0.416 e. The fraction of sp³-hybridized carbons (Fsp3) is 0.250. The Morgan fingerprint density at radius 1 is 1.05 bits per heavy atom. The van der Waals surface area contributed by atoms with Crippen LogP contribution in [0.3, 0.4) is 0 Å². The van der Waals surface area contributed by atoms with Crippen molar-refractivity contribution >= 4 is 5.69 Å². The third-order valence-electron chi connectivity index (χ3n) is 3.76. The molecular formula is C16H14F3NO. The van der Waals surface area contributed by atoms with Crippen LogP contribution in [0.25, 0.3) is 0 Å². The van der Waals surface area contributed by atoms with Crippen LogP contribution in [0.4, 0.5) is 18.9 Å². The first kappa shape index (κ1) is 13.9. The number of halogens is 3. The number of rotatable bonds is 2. The van der Waals surface area contributed by atoms with E-state index in [0.717, 1.165) is 17.3 Å². The highest BCUT2D eigenvalue weighted by atomic mass is 19.4. The van der Waals surface area contributed by atoms with Gasteiger partial charge in [0.15, 0.2) is 0 Å². The van der Waals surface area contributed by atoms with Gasteiger partial charge in [0.1, 0.15) is 0 Å². The van der Waals surface area contributed by atoms with E-state index >= 15 is 0 Å². The largest absolute Gasteiger partial charge is 0.416 e. The Balaban J connectivity index is 1.90. The minimum Gasteiger partial charge on any atom is -0.386 e. The summed E-state index contributed by atoms with van der Waals surface area (Å²) in [6.45, 7) is 0. The van der Waals surface area contributed by atoms with E-state index in [-0.39, 0.29) is 5.56 Å². The second-order valence-corrected chi connectivity index (χ2v) is 5.14. The zero-order valence-corrected chi connectivity index (χ0v) is 11.1. The molecule has 1 heterocycles. The van der Waals surface area contributed by atoms with Gasteiger partial charge in [-0.3, -0.25) is 0 Å². The molecule has 21 heavy (non-hydrogen) atoms. The fourth-order valence-corrected chi connectivity index (χ4v) is 2.75. The van der Waals surface area contributed by atoms with Gasteiger partial charge >= 0.3 is 6.18 Å². The van der Waals surface area contributed by atoms with Crippen molar-refractivity contribution in [2.24, 2.45) is 0 Å². The van der Waals surface area contributed by atoms with Crippen molar-refractivity contribution in [2.75, 3.05) is 5.32 Å². The van der Waals surface area contributed by atoms with E-state index in [4.69, 9.17) is 0 Å². The predicted molar refractivity (Wildman–Crippen MR) is 74.0 cm³/mol. The van der Waals surface area contributed by atoms with Gasteiger partial charge in [-0.05, 0) is 29.7 Å². The Kier molecular flexibility index (Phi) is 3.37. The van der Waals surface area contributed by atoms with Crippen molar-refractivity contribution in [2.45, 2.75) is 24.7 Å². The molecule has 1 aliphatic rings. The van der Waals surface area contributed by atoms with E-state index in [1.807, 2.05) is 24.3 Å². The molecule has 0 bridgehead atoms. The van der Waals surface area contributed by atoms with Gasteiger partial charge in [0.25, 0.3) is 0 Å². The summed E-state index contributed by atoms with van der Waals surface area (Å²) in [5, 5.41) is 13.5. The van der Waals surface area contributed by atoms with E-state index in [1.54, 1.807) is 0 Å². The maximum absolute atomic E-state index is 13.0. The van der Waals surface area contributed by atoms with E-state index in [9.17, 15) is 18.3 Å². The third kappa shape index (κ3) is 2.61. The first-order valence-electron chi connectivity index (χ1n) is 6.65. The van der Waals surface area contributed by atoms with Crippen LogP contribution in [0, 0.1) is 0 Å². The van der Waals surface area contributed by atoms with Gasteiger partial charge < -0.3 is 10.4 Å². The van der Waals surface area contributed by atoms with E-state index in [2.05, 4.69) is 5.32 Å². The van der Waals surface area contributed by atoms with Crippen molar-refractivity contribution in [1.82, 2.24) is 0 Å². The molecule has 2 atom stereocenters. The smallest absolute Gasteiger partial charge is 0.386 e. The normalized spacial score (nSPS) is 19.0. The molecule has 1 aliphatic heterocycles. The molecule has 2 unspecified atom stereocenters. The number of fused-ring (bicyclic) bond motifs is 1. The number of anilines is 1. The molecule has 2 aromatic rings. The lowest BCUT2D eigenvalue weighted by molar-refractivity contribution is -0.139. The lowest BCUT2D eigenvalue weighted by Crippen LogP contribution is -2.27. The van der Waals surface area contributed by atoms with E-state index in [0.29, 0.717) is 6.42 Å². The van der Waals surface area contributed by atoms with Crippen LogP contribution < -0.4 is 5.32 Å². The summed E-state index contributed by atoms with van der Waals surface area (Å²) in [5.41, 5.74) is 1.00. The summed E-state index contributed by atoms with van der Waals surface area (Å²) in [6.07, 6.45) is -5.18. The molecule has 0 spiro atoms. The summed E-state index contributed by atoms with van der Waals surface area (Å²) in [7, 11) is 0. The number of aliphatic hydroxyl groups excluding tert-OH is 1. The zero-order chi connectivity index (χ0) is 15.0. The highest BCUT2D eigenvalue weighted by molar-refractivity contribution is 5.57. The topological polar surface area (TPSA) is 32.3 Å². The number of aliphatic hydroxyl groups is 1. The molecule has 0 aromatic heterocycles. The molecule has 2 nitrogen and oxygen atoms in total. The SMILES string of the molecule is OC(c1ccccc1C(F)(F)F)C1Cc2ccccc2N1. The second-order valence-electron chi connectivity index (χ2n) is 5.14. The van der Waals surface area contributed by atoms with Gasteiger partial charge in [-0.15, -0.1) is 0 Å². The standard InChI is InChI=1S/C16H14F3NO/c17-16(18,19)12-7-3-2-6-11(12)15(21)14-9-10-5-1-4-8-13(10)20-14/h1-8,14-15,20-21H,9H2. The van der Waals surface area contributed by atoms with Gasteiger partial charge in [0.2, 0.25) is 0 Å². The molecule has 0 saturated heterocycles. The lowest BCUT2D eigenvalue weighted by Gasteiger charge is -2.22. The van der Waals surface area contributed by atoms with Gasteiger partial charge in [-0.2, -0.15) is 13.2 Å². The van der Waals surface area contributed by atoms with Crippen LogP contribution in [-0.4, -0.2) is 11.1 Å². The Hall–Kier alpha value is -2.01. The molecule has 2 N–H and O–H groups in total. The lowest BCUT2D eigenvalue weighted by atomic mass is 9.95. The van der Waals surface area contributed by atoms with Crippen molar-refractivity contribution in [3.05, 3.63) is 65.2 Å². The molecule has 2 aromatic carbocycles. The fourth-order valence-electron chi connectivity index (χ4n) is 2.75. The van der Waals surface area contributed by atoms with E-state index in [1.165, 1.54) is 18.2 Å². The summed E-state index contributed by atoms with van der Waals surface area (Å²) >= 11 is 0. The average molecular weight is 293 g/mol. The van der Waals surface area contributed by atoms with Crippen LogP contribution in [0.1, 0.15) is 22.8 Å². The molecule has 5 heteroatoms. The van der Waals surface area contributed by atoms with Gasteiger partial charge in [-0.25, -0.2) is 0 Å². The van der Waals surface area contributed by atoms with Crippen molar-refractivity contribution in [1.29, 1.82) is 0 Å². The molecule has 0 aliphatic carbocycles. The van der Waals surface area contributed by atoms with Gasteiger partial charge in [0.05, 0.1) is 17.7 Å². The number of hydrogen-bond acceptors (Lipinski definition) is 2. The van der Waals surface area contributed by atoms with E-state index < -0.39 is 23.9 Å². The van der Waals surface area contributed by atoms with Crippen molar-refractivity contribution in [3.8, 4) is 0 Å². The van der Waals surface area contributed by atoms with Gasteiger partial charge in [-0.1, -0.05) is 36.4 Å². The first-order chi connectivity index (χ1) is 9.97. The first-order valence-corrected chi connectivity index (χ1v) is 6.65. The molecule has 0 amide bonds. The maximum atomic E-state index is 13.0. The average Bonchev–Trinajstić information content (AvgIpc) is 2.89. The Bertz CT molecular complexity index is 629. The highest BCUT2D eigenvalue weighted by Gasteiger charge is 2.37. The van der Waals surface area contributed by atoms with Crippen LogP contribution >= 0.6 is 0 Å².